The van der Waals surface area contributed by atoms with Crippen LogP contribution in [0.3, 0.4) is 0 Å². The van der Waals surface area contributed by atoms with E-state index in [0.29, 0.717) is 5.41 Å². The maximum atomic E-state index is 12.7. The molecule has 1 fully saturated rings. The molecule has 2 heterocycles. The Kier molecular flexibility index (Phi) is 4.46. The van der Waals surface area contributed by atoms with Crippen molar-refractivity contribution in [1.29, 1.82) is 0 Å². The predicted molar refractivity (Wildman–Crippen MR) is 91.1 cm³/mol. The van der Waals surface area contributed by atoms with Gasteiger partial charge in [0.2, 0.25) is 0 Å². The summed E-state index contributed by atoms with van der Waals surface area (Å²) in [4.78, 5) is 14.7. The van der Waals surface area contributed by atoms with Gasteiger partial charge in [0.1, 0.15) is 0 Å². The zero-order valence-electron chi connectivity index (χ0n) is 14.5. The molecule has 0 saturated carbocycles. The van der Waals surface area contributed by atoms with Crippen LogP contribution in [0, 0.1) is 12.3 Å². The van der Waals surface area contributed by atoms with Crippen LogP contribution in [-0.2, 0) is 7.05 Å². The fourth-order valence-electron chi connectivity index (χ4n) is 4.09. The largest absolute Gasteiger partial charge is 0.331 e. The Balaban J connectivity index is 1.63. The van der Waals surface area contributed by atoms with E-state index in [1.807, 2.05) is 32.0 Å². The standard InChI is InChI=1S/C18H28N4O/c1-14(16-12-21(3)20-15(16)2)19-17(23)22-11-7-10-18(13-22)8-5-4-6-9-18/h4-5,12,14H,6-11,13H2,1-3H3,(H,19,23)/t14-,18-/m0/s1. The molecule has 126 valence electrons. The predicted octanol–water partition coefficient (Wildman–Crippen LogP) is 3.32. The van der Waals surface area contributed by atoms with E-state index in [-0.39, 0.29) is 12.1 Å². The number of nitrogens with one attached hydrogen (secondary N) is 1. The number of aryl methyl sites for hydroxylation is 2. The van der Waals surface area contributed by atoms with E-state index >= 15 is 0 Å². The Morgan fingerprint density at radius 2 is 2.22 bits per heavy atom. The summed E-state index contributed by atoms with van der Waals surface area (Å²) in [6.45, 7) is 5.78. The third-order valence-corrected chi connectivity index (χ3v) is 5.37. The normalized spacial score (nSPS) is 25.6. The molecule has 0 aromatic carbocycles. The molecule has 1 aromatic rings. The van der Waals surface area contributed by atoms with Crippen LogP contribution < -0.4 is 5.32 Å². The number of likely N-dealkylation sites (tertiary alicyclic amines) is 1. The van der Waals surface area contributed by atoms with Gasteiger partial charge in [-0.3, -0.25) is 4.68 Å². The first-order valence-electron chi connectivity index (χ1n) is 8.70. The number of allylic oxidation sites excluding steroid dienone is 2. The van der Waals surface area contributed by atoms with Crippen molar-refractivity contribution >= 4 is 6.03 Å². The molecule has 5 heteroatoms. The Hall–Kier alpha value is -1.78. The summed E-state index contributed by atoms with van der Waals surface area (Å²) >= 11 is 0. The number of carbonyl (C=O) groups is 1. The first-order valence-corrected chi connectivity index (χ1v) is 8.70. The number of urea groups is 1. The zero-order valence-corrected chi connectivity index (χ0v) is 14.5. The summed E-state index contributed by atoms with van der Waals surface area (Å²) < 4.78 is 1.80. The Morgan fingerprint density at radius 3 is 2.87 bits per heavy atom. The number of piperidine rings is 1. The molecule has 1 N–H and O–H groups in total. The van der Waals surface area contributed by atoms with E-state index in [2.05, 4.69) is 22.6 Å². The van der Waals surface area contributed by atoms with Gasteiger partial charge in [0.25, 0.3) is 0 Å². The lowest BCUT2D eigenvalue weighted by Crippen LogP contribution is -2.50. The molecule has 23 heavy (non-hydrogen) atoms. The van der Waals surface area contributed by atoms with Crippen molar-refractivity contribution in [1.82, 2.24) is 20.0 Å². The second kappa shape index (κ2) is 6.38. The highest BCUT2D eigenvalue weighted by Gasteiger charge is 2.37. The number of hydrogen-bond donors (Lipinski definition) is 1. The summed E-state index contributed by atoms with van der Waals surface area (Å²) in [7, 11) is 1.91. The molecule has 1 aliphatic heterocycles. The third kappa shape index (κ3) is 3.43. The van der Waals surface area contributed by atoms with E-state index in [1.165, 1.54) is 12.8 Å². The number of amides is 2. The molecule has 1 spiro atoms. The van der Waals surface area contributed by atoms with Crippen molar-refractivity contribution in [3.8, 4) is 0 Å². The van der Waals surface area contributed by atoms with Crippen LogP contribution in [-0.4, -0.2) is 33.8 Å². The lowest BCUT2D eigenvalue weighted by Gasteiger charge is -2.44. The third-order valence-electron chi connectivity index (χ3n) is 5.37. The van der Waals surface area contributed by atoms with Crippen molar-refractivity contribution in [3.63, 3.8) is 0 Å². The number of rotatable bonds is 2. The first-order chi connectivity index (χ1) is 11.0. The molecule has 1 aliphatic carbocycles. The van der Waals surface area contributed by atoms with E-state index in [1.54, 1.807) is 4.68 Å². The van der Waals surface area contributed by atoms with Gasteiger partial charge in [-0.1, -0.05) is 12.2 Å². The number of carbonyl (C=O) groups excluding carboxylic acids is 1. The molecule has 2 aliphatic rings. The van der Waals surface area contributed by atoms with E-state index in [9.17, 15) is 4.79 Å². The smallest absolute Gasteiger partial charge is 0.317 e. The van der Waals surface area contributed by atoms with Gasteiger partial charge in [0.05, 0.1) is 11.7 Å². The van der Waals surface area contributed by atoms with Crippen LogP contribution >= 0.6 is 0 Å². The Labute approximate surface area is 138 Å². The maximum Gasteiger partial charge on any atom is 0.317 e. The molecule has 1 aromatic heterocycles. The molecule has 2 amide bonds. The second-order valence-corrected chi connectivity index (χ2v) is 7.25. The van der Waals surface area contributed by atoms with Crippen LogP contribution in [0.5, 0.6) is 0 Å². The van der Waals surface area contributed by atoms with Gasteiger partial charge in [-0.15, -0.1) is 0 Å². The fraction of sp³-hybridized carbons (Fsp3) is 0.667. The molecule has 2 atom stereocenters. The van der Waals surface area contributed by atoms with Crippen molar-refractivity contribution in [2.45, 2.75) is 52.0 Å². The van der Waals surface area contributed by atoms with Crippen molar-refractivity contribution in [3.05, 3.63) is 29.6 Å². The quantitative estimate of drug-likeness (QED) is 0.851. The molecular weight excluding hydrogens is 288 g/mol. The molecule has 0 unspecified atom stereocenters. The molecular formula is C18H28N4O. The Bertz CT molecular complexity index is 606. The summed E-state index contributed by atoms with van der Waals surface area (Å²) in [5, 5.41) is 7.52. The second-order valence-electron chi connectivity index (χ2n) is 7.25. The van der Waals surface area contributed by atoms with Gasteiger partial charge < -0.3 is 10.2 Å². The van der Waals surface area contributed by atoms with Gasteiger partial charge in [-0.25, -0.2) is 4.79 Å². The Morgan fingerprint density at radius 1 is 1.39 bits per heavy atom. The molecule has 1 saturated heterocycles. The summed E-state index contributed by atoms with van der Waals surface area (Å²) in [6.07, 6.45) is 12.4. The SMILES string of the molecule is Cc1nn(C)cc1[C@H](C)NC(=O)N1CCC[C@@]2(CC=CCC2)C1. The lowest BCUT2D eigenvalue weighted by atomic mass is 9.71. The highest BCUT2D eigenvalue weighted by atomic mass is 16.2. The molecule has 0 radical (unpaired) electrons. The number of aromatic nitrogens is 2. The van der Waals surface area contributed by atoms with Crippen molar-refractivity contribution in [2.75, 3.05) is 13.1 Å². The van der Waals surface area contributed by atoms with Gasteiger partial charge in [0.15, 0.2) is 0 Å². The van der Waals surface area contributed by atoms with Gasteiger partial charge in [-0.2, -0.15) is 5.10 Å². The van der Waals surface area contributed by atoms with Crippen molar-refractivity contribution in [2.24, 2.45) is 12.5 Å². The van der Waals surface area contributed by atoms with Crippen LogP contribution in [0.4, 0.5) is 4.79 Å². The van der Waals surface area contributed by atoms with Gasteiger partial charge in [-0.05, 0) is 51.4 Å². The lowest BCUT2D eigenvalue weighted by molar-refractivity contribution is 0.0948. The van der Waals surface area contributed by atoms with Crippen LogP contribution in [0.1, 0.15) is 56.3 Å². The summed E-state index contributed by atoms with van der Waals surface area (Å²) in [6, 6.07) is 0.0507. The molecule has 0 bridgehead atoms. The molecule has 3 rings (SSSR count). The summed E-state index contributed by atoms with van der Waals surface area (Å²) in [5.41, 5.74) is 2.39. The maximum absolute atomic E-state index is 12.7. The minimum absolute atomic E-state index is 0.0136. The first kappa shape index (κ1) is 16.1. The minimum atomic E-state index is -0.0136. The van der Waals surface area contributed by atoms with Crippen LogP contribution in [0.25, 0.3) is 0 Å². The van der Waals surface area contributed by atoms with Gasteiger partial charge >= 0.3 is 6.03 Å². The van der Waals surface area contributed by atoms with E-state index < -0.39 is 0 Å². The van der Waals surface area contributed by atoms with Gasteiger partial charge in [0, 0.05) is 31.9 Å². The number of nitrogens with zero attached hydrogens (tertiary/aromatic N) is 3. The molecule has 5 nitrogen and oxygen atoms in total. The van der Waals surface area contributed by atoms with Crippen LogP contribution in [0.2, 0.25) is 0 Å². The minimum Gasteiger partial charge on any atom is -0.331 e. The topological polar surface area (TPSA) is 50.2 Å². The van der Waals surface area contributed by atoms with Crippen LogP contribution in [0.15, 0.2) is 18.3 Å². The average molecular weight is 316 g/mol. The zero-order chi connectivity index (χ0) is 16.4. The monoisotopic (exact) mass is 316 g/mol. The van der Waals surface area contributed by atoms with E-state index in [4.69, 9.17) is 0 Å². The summed E-state index contributed by atoms with van der Waals surface area (Å²) in [5.74, 6) is 0. The highest BCUT2D eigenvalue weighted by Crippen LogP contribution is 2.40. The van der Waals surface area contributed by atoms with E-state index in [0.717, 1.165) is 43.6 Å². The fourth-order valence-corrected chi connectivity index (χ4v) is 4.09. The highest BCUT2D eigenvalue weighted by molar-refractivity contribution is 5.75. The average Bonchev–Trinajstić information content (AvgIpc) is 2.87. The number of hydrogen-bond acceptors (Lipinski definition) is 2. The van der Waals surface area contributed by atoms with Crippen molar-refractivity contribution < 1.29 is 4.79 Å².